The Bertz CT molecular complexity index is 389. The number of benzene rings is 1. The van der Waals surface area contributed by atoms with Gasteiger partial charge in [-0.2, -0.15) is 0 Å². The highest BCUT2D eigenvalue weighted by atomic mass is 16.2. The van der Waals surface area contributed by atoms with E-state index in [0.717, 1.165) is 5.56 Å². The van der Waals surface area contributed by atoms with Crippen LogP contribution in [0.3, 0.4) is 0 Å². The Morgan fingerprint density at radius 1 is 1.44 bits per heavy atom. The van der Waals surface area contributed by atoms with Crippen molar-refractivity contribution in [2.45, 2.75) is 19.4 Å². The van der Waals surface area contributed by atoms with E-state index in [1.165, 1.54) is 0 Å². The van der Waals surface area contributed by atoms with Gasteiger partial charge in [0.1, 0.15) is 6.04 Å². The summed E-state index contributed by atoms with van der Waals surface area (Å²) in [6, 6.07) is 8.71. The molecule has 0 saturated heterocycles. The number of carbonyl (C=O) groups excluding carboxylic acids is 1. The number of amides is 1. The summed E-state index contributed by atoms with van der Waals surface area (Å²) >= 11 is 0. The lowest BCUT2D eigenvalue weighted by molar-refractivity contribution is -0.122. The van der Waals surface area contributed by atoms with Crippen molar-refractivity contribution in [1.82, 2.24) is 5.32 Å². The summed E-state index contributed by atoms with van der Waals surface area (Å²) < 4.78 is 0. The highest BCUT2D eigenvalue weighted by Crippen LogP contribution is 2.08. The van der Waals surface area contributed by atoms with Crippen LogP contribution in [0.5, 0.6) is 0 Å². The second kappa shape index (κ2) is 6.65. The average Bonchev–Trinajstić information content (AvgIpc) is 2.34. The first kappa shape index (κ1) is 12.3. The summed E-state index contributed by atoms with van der Waals surface area (Å²) in [5.74, 6) is 5.48. The predicted octanol–water partition coefficient (Wildman–Crippen LogP) is 1.22. The van der Waals surface area contributed by atoms with Crippen molar-refractivity contribution in [2.24, 2.45) is 5.73 Å². The molecule has 84 valence electrons. The van der Waals surface area contributed by atoms with Crippen LogP contribution in [0.15, 0.2) is 30.3 Å². The minimum absolute atomic E-state index is 0.163. The van der Waals surface area contributed by atoms with E-state index in [1.54, 1.807) is 6.92 Å². The molecule has 3 N–H and O–H groups in total. The zero-order valence-corrected chi connectivity index (χ0v) is 9.36. The van der Waals surface area contributed by atoms with E-state index in [1.807, 2.05) is 30.3 Å². The SMILES string of the molecule is CC#CCCNC(=O)[C@H](N)c1ccccc1. The molecule has 0 bridgehead atoms. The van der Waals surface area contributed by atoms with Crippen LogP contribution in [0.25, 0.3) is 0 Å². The molecule has 0 saturated carbocycles. The molecular weight excluding hydrogens is 200 g/mol. The Balaban J connectivity index is 2.44. The molecule has 1 rings (SSSR count). The molecule has 1 amide bonds. The predicted molar refractivity (Wildman–Crippen MR) is 64.4 cm³/mol. The number of nitrogens with one attached hydrogen (secondary N) is 1. The number of nitrogens with two attached hydrogens (primary N) is 1. The molecule has 0 aliphatic heterocycles. The minimum atomic E-state index is -0.601. The first-order valence-corrected chi connectivity index (χ1v) is 5.23. The first-order valence-electron chi connectivity index (χ1n) is 5.23. The summed E-state index contributed by atoms with van der Waals surface area (Å²) in [6.07, 6.45) is 0.656. The Kier molecular flexibility index (Phi) is 5.10. The second-order valence-corrected chi connectivity index (χ2v) is 3.36. The summed E-state index contributed by atoms with van der Waals surface area (Å²) in [6.45, 7) is 2.32. The van der Waals surface area contributed by atoms with Gasteiger partial charge in [0.05, 0.1) is 0 Å². The van der Waals surface area contributed by atoms with Gasteiger partial charge in [0, 0.05) is 13.0 Å². The van der Waals surface area contributed by atoms with Gasteiger partial charge >= 0.3 is 0 Å². The van der Waals surface area contributed by atoms with Crippen molar-refractivity contribution in [1.29, 1.82) is 0 Å². The van der Waals surface area contributed by atoms with Crippen LogP contribution < -0.4 is 11.1 Å². The van der Waals surface area contributed by atoms with Gasteiger partial charge in [0.15, 0.2) is 0 Å². The molecule has 0 radical (unpaired) electrons. The molecule has 16 heavy (non-hydrogen) atoms. The maximum absolute atomic E-state index is 11.6. The van der Waals surface area contributed by atoms with E-state index in [4.69, 9.17) is 5.73 Å². The van der Waals surface area contributed by atoms with Gasteiger partial charge in [-0.15, -0.1) is 11.8 Å². The van der Waals surface area contributed by atoms with E-state index >= 15 is 0 Å². The van der Waals surface area contributed by atoms with Crippen LogP contribution in [-0.4, -0.2) is 12.5 Å². The number of rotatable bonds is 4. The molecule has 0 unspecified atom stereocenters. The topological polar surface area (TPSA) is 55.1 Å². The van der Waals surface area contributed by atoms with Crippen LogP contribution in [0.4, 0.5) is 0 Å². The van der Waals surface area contributed by atoms with Crippen molar-refractivity contribution in [2.75, 3.05) is 6.54 Å². The summed E-state index contributed by atoms with van der Waals surface area (Å²) in [4.78, 5) is 11.6. The number of hydrogen-bond acceptors (Lipinski definition) is 2. The van der Waals surface area contributed by atoms with Crippen LogP contribution >= 0.6 is 0 Å². The molecule has 0 aliphatic carbocycles. The van der Waals surface area contributed by atoms with Crippen molar-refractivity contribution >= 4 is 5.91 Å². The Morgan fingerprint density at radius 3 is 2.75 bits per heavy atom. The smallest absolute Gasteiger partial charge is 0.241 e. The summed E-state index contributed by atoms with van der Waals surface area (Å²) in [5.41, 5.74) is 6.63. The fraction of sp³-hybridized carbons (Fsp3) is 0.308. The van der Waals surface area contributed by atoms with Crippen molar-refractivity contribution < 1.29 is 4.79 Å². The standard InChI is InChI=1S/C13H16N2O/c1-2-3-7-10-15-13(16)12(14)11-8-5-4-6-9-11/h4-6,8-9,12H,7,10,14H2,1H3,(H,15,16)/t12-/m1/s1. The van der Waals surface area contributed by atoms with Gasteiger partial charge in [-0.1, -0.05) is 30.3 Å². The zero-order chi connectivity index (χ0) is 11.8. The average molecular weight is 216 g/mol. The molecule has 0 spiro atoms. The normalized spacial score (nSPS) is 11.1. The van der Waals surface area contributed by atoms with Crippen LogP contribution in [0.1, 0.15) is 24.9 Å². The molecule has 1 atom stereocenters. The molecule has 1 aromatic carbocycles. The third-order valence-corrected chi connectivity index (χ3v) is 2.17. The lowest BCUT2D eigenvalue weighted by Gasteiger charge is -2.11. The first-order chi connectivity index (χ1) is 7.75. The highest BCUT2D eigenvalue weighted by molar-refractivity contribution is 5.82. The zero-order valence-electron chi connectivity index (χ0n) is 9.36. The number of carbonyl (C=O) groups is 1. The monoisotopic (exact) mass is 216 g/mol. The van der Waals surface area contributed by atoms with Crippen LogP contribution in [0.2, 0.25) is 0 Å². The quantitative estimate of drug-likeness (QED) is 0.587. The third-order valence-electron chi connectivity index (χ3n) is 2.17. The molecule has 0 aromatic heterocycles. The molecule has 0 aliphatic rings. The lowest BCUT2D eigenvalue weighted by atomic mass is 10.1. The molecule has 0 fully saturated rings. The van der Waals surface area contributed by atoms with E-state index < -0.39 is 6.04 Å². The van der Waals surface area contributed by atoms with Gasteiger partial charge in [-0.3, -0.25) is 4.79 Å². The molecule has 0 heterocycles. The Hall–Kier alpha value is -1.79. The minimum Gasteiger partial charge on any atom is -0.353 e. The maximum Gasteiger partial charge on any atom is 0.241 e. The van der Waals surface area contributed by atoms with E-state index in [-0.39, 0.29) is 5.91 Å². The summed E-state index contributed by atoms with van der Waals surface area (Å²) in [7, 11) is 0. The third kappa shape index (κ3) is 3.76. The van der Waals surface area contributed by atoms with Gasteiger partial charge < -0.3 is 11.1 Å². The highest BCUT2D eigenvalue weighted by Gasteiger charge is 2.13. The Labute approximate surface area is 96.0 Å². The molecule has 1 aromatic rings. The van der Waals surface area contributed by atoms with Gasteiger partial charge in [-0.25, -0.2) is 0 Å². The van der Waals surface area contributed by atoms with Crippen LogP contribution in [0, 0.1) is 11.8 Å². The number of hydrogen-bond donors (Lipinski definition) is 2. The second-order valence-electron chi connectivity index (χ2n) is 3.36. The largest absolute Gasteiger partial charge is 0.353 e. The van der Waals surface area contributed by atoms with E-state index in [0.29, 0.717) is 13.0 Å². The van der Waals surface area contributed by atoms with Crippen LogP contribution in [-0.2, 0) is 4.79 Å². The van der Waals surface area contributed by atoms with Gasteiger partial charge in [0.2, 0.25) is 5.91 Å². The molecular formula is C13H16N2O. The van der Waals surface area contributed by atoms with Crippen molar-refractivity contribution in [3.05, 3.63) is 35.9 Å². The van der Waals surface area contributed by atoms with E-state index in [2.05, 4.69) is 17.2 Å². The van der Waals surface area contributed by atoms with E-state index in [9.17, 15) is 4.79 Å². The van der Waals surface area contributed by atoms with Crippen molar-refractivity contribution in [3.8, 4) is 11.8 Å². The Morgan fingerprint density at radius 2 is 2.12 bits per heavy atom. The fourth-order valence-electron chi connectivity index (χ4n) is 1.29. The van der Waals surface area contributed by atoms with Crippen molar-refractivity contribution in [3.63, 3.8) is 0 Å². The van der Waals surface area contributed by atoms with Gasteiger partial charge in [-0.05, 0) is 12.5 Å². The maximum atomic E-state index is 11.6. The molecule has 3 heteroatoms. The molecule has 3 nitrogen and oxygen atoms in total. The van der Waals surface area contributed by atoms with Gasteiger partial charge in [0.25, 0.3) is 0 Å². The summed E-state index contributed by atoms with van der Waals surface area (Å²) in [5, 5.41) is 2.75. The lowest BCUT2D eigenvalue weighted by Crippen LogP contribution is -2.34. The fourth-order valence-corrected chi connectivity index (χ4v) is 1.29.